The molecule has 0 spiro atoms. The summed E-state index contributed by atoms with van der Waals surface area (Å²) in [6.07, 6.45) is -1.32. The third-order valence-electron chi connectivity index (χ3n) is 6.27. The quantitative estimate of drug-likeness (QED) is 0.399. The number of piperazine rings is 1. The number of pyridine rings is 2. The van der Waals surface area contributed by atoms with E-state index < -0.39 is 17.6 Å². The van der Waals surface area contributed by atoms with Crippen molar-refractivity contribution in [1.29, 1.82) is 0 Å². The lowest BCUT2D eigenvalue weighted by atomic mass is 10.0. The smallest absolute Gasteiger partial charge is 0.321 e. The van der Waals surface area contributed by atoms with E-state index in [1.54, 1.807) is 24.5 Å². The van der Waals surface area contributed by atoms with E-state index in [4.69, 9.17) is 0 Å². The topological polar surface area (TPSA) is 90.0 Å². The Labute approximate surface area is 216 Å². The van der Waals surface area contributed by atoms with Gasteiger partial charge in [-0.1, -0.05) is 18.1 Å². The Balaban J connectivity index is 1.31. The van der Waals surface area contributed by atoms with Crippen LogP contribution >= 0.6 is 0 Å². The number of benzene rings is 1. The minimum atomic E-state index is -4.55. The molecule has 4 aromatic rings. The van der Waals surface area contributed by atoms with Gasteiger partial charge < -0.3 is 10.2 Å². The summed E-state index contributed by atoms with van der Waals surface area (Å²) in [5, 5.41) is 10.0. The fourth-order valence-corrected chi connectivity index (χ4v) is 4.17. The van der Waals surface area contributed by atoms with Crippen molar-refractivity contribution in [2.45, 2.75) is 12.7 Å². The van der Waals surface area contributed by atoms with Gasteiger partial charge in [-0.05, 0) is 48.9 Å². The molecule has 1 amide bonds. The Morgan fingerprint density at radius 3 is 2.68 bits per heavy atom. The summed E-state index contributed by atoms with van der Waals surface area (Å²) in [4.78, 5) is 25.4. The molecule has 2 N–H and O–H groups in total. The zero-order valence-electron chi connectivity index (χ0n) is 20.5. The highest BCUT2D eigenvalue weighted by Gasteiger charge is 2.34. The van der Waals surface area contributed by atoms with Gasteiger partial charge in [0, 0.05) is 55.6 Å². The first-order chi connectivity index (χ1) is 18.2. The highest BCUT2D eigenvalue weighted by molar-refractivity contribution is 6.03. The van der Waals surface area contributed by atoms with Gasteiger partial charge in [-0.25, -0.2) is 9.97 Å². The van der Waals surface area contributed by atoms with Gasteiger partial charge in [0.2, 0.25) is 0 Å². The zero-order chi connectivity index (χ0) is 26.7. The molecule has 0 aliphatic carbocycles. The second-order valence-corrected chi connectivity index (χ2v) is 9.09. The summed E-state index contributed by atoms with van der Waals surface area (Å²) < 4.78 is 41.6. The molecule has 0 saturated carbocycles. The maximum atomic E-state index is 13.9. The van der Waals surface area contributed by atoms with Crippen molar-refractivity contribution in [3.63, 3.8) is 0 Å². The van der Waals surface area contributed by atoms with E-state index in [1.807, 2.05) is 18.0 Å². The fourth-order valence-electron chi connectivity index (χ4n) is 4.17. The monoisotopic (exact) mass is 519 g/mol. The van der Waals surface area contributed by atoms with Crippen LogP contribution < -0.4 is 5.32 Å². The summed E-state index contributed by atoms with van der Waals surface area (Å²) in [7, 11) is 1.99. The number of alkyl halides is 3. The lowest BCUT2D eigenvalue weighted by Crippen LogP contribution is -2.44. The van der Waals surface area contributed by atoms with Crippen LogP contribution in [-0.4, -0.2) is 69.1 Å². The van der Waals surface area contributed by atoms with Crippen LogP contribution in [0.2, 0.25) is 0 Å². The van der Waals surface area contributed by atoms with Crippen LogP contribution in [0.1, 0.15) is 32.9 Å². The van der Waals surface area contributed by atoms with E-state index >= 15 is 0 Å². The number of amides is 1. The van der Waals surface area contributed by atoms with Gasteiger partial charge in [0.15, 0.2) is 5.65 Å². The van der Waals surface area contributed by atoms with Crippen LogP contribution in [0.4, 0.5) is 18.9 Å². The van der Waals surface area contributed by atoms with Crippen molar-refractivity contribution in [2.75, 3.05) is 38.5 Å². The Kier molecular flexibility index (Phi) is 7.09. The first kappa shape index (κ1) is 25.4. The van der Waals surface area contributed by atoms with Crippen LogP contribution in [0.5, 0.6) is 0 Å². The van der Waals surface area contributed by atoms with E-state index in [9.17, 15) is 18.0 Å². The molecule has 0 atom stereocenters. The first-order valence-electron chi connectivity index (χ1n) is 12.0. The van der Waals surface area contributed by atoms with Crippen LogP contribution in [0.15, 0.2) is 54.9 Å². The van der Waals surface area contributed by atoms with Crippen LogP contribution in [0.3, 0.4) is 0 Å². The highest BCUT2D eigenvalue weighted by Crippen LogP contribution is 2.34. The molecule has 194 valence electrons. The second kappa shape index (κ2) is 10.6. The number of carbonyl (C=O) groups excluding carboxylic acids is 1. The number of hydrogen-bond acceptors (Lipinski definition) is 6. The summed E-state index contributed by atoms with van der Waals surface area (Å²) in [5.74, 6) is 5.20. The zero-order valence-corrected chi connectivity index (χ0v) is 20.5. The molecule has 1 aliphatic rings. The standard InChI is InChI=1S/C27H24F3N7O/c1-36-9-11-37(12-10-36)17-19-6-8-22(14-23(19)27(28,29)30)34-26(38)24-4-2-3-21(33-24)7-5-18-13-20-16-32-35-25(20)31-15-18/h2-4,6,8,13-16H,9-12,17H2,1H3,(H,34,38)(H,31,32,35). The highest BCUT2D eigenvalue weighted by atomic mass is 19.4. The number of carbonyl (C=O) groups is 1. The molecular weight excluding hydrogens is 495 g/mol. The Hall–Kier alpha value is -4.27. The molecule has 1 fully saturated rings. The molecule has 38 heavy (non-hydrogen) atoms. The van der Waals surface area contributed by atoms with E-state index in [-0.39, 0.29) is 23.5 Å². The van der Waals surface area contributed by atoms with Crippen LogP contribution in [0, 0.1) is 11.8 Å². The van der Waals surface area contributed by atoms with Crippen LogP contribution in [-0.2, 0) is 12.7 Å². The normalized spacial score (nSPS) is 14.7. The lowest BCUT2D eigenvalue weighted by Gasteiger charge is -2.33. The number of anilines is 1. The average Bonchev–Trinajstić information content (AvgIpc) is 3.37. The average molecular weight is 520 g/mol. The molecule has 1 aliphatic heterocycles. The molecule has 0 bridgehead atoms. The van der Waals surface area contributed by atoms with Crippen molar-refractivity contribution in [1.82, 2.24) is 30.0 Å². The van der Waals surface area contributed by atoms with Crippen molar-refractivity contribution >= 4 is 22.6 Å². The third kappa shape index (κ3) is 5.99. The minimum absolute atomic E-state index is 0.0373. The molecule has 0 unspecified atom stereocenters. The minimum Gasteiger partial charge on any atom is -0.321 e. The summed E-state index contributed by atoms with van der Waals surface area (Å²) in [6, 6.07) is 10.4. The van der Waals surface area contributed by atoms with Crippen LogP contribution in [0.25, 0.3) is 11.0 Å². The number of likely N-dealkylation sites (N-methyl/N-ethyl adjacent to an activating group) is 1. The number of aromatic nitrogens is 4. The van der Waals surface area contributed by atoms with Gasteiger partial charge in [-0.2, -0.15) is 18.3 Å². The van der Waals surface area contributed by atoms with Gasteiger partial charge in [0.1, 0.15) is 11.4 Å². The molecule has 8 nitrogen and oxygen atoms in total. The molecular formula is C27H24F3N7O. The van der Waals surface area contributed by atoms with E-state index in [0.29, 0.717) is 30.0 Å². The Bertz CT molecular complexity index is 1530. The number of aromatic amines is 1. The van der Waals surface area contributed by atoms with E-state index in [2.05, 4.69) is 42.2 Å². The Morgan fingerprint density at radius 1 is 1.08 bits per heavy atom. The maximum Gasteiger partial charge on any atom is 0.416 e. The number of nitrogens with zero attached hydrogens (tertiary/aromatic N) is 5. The first-order valence-corrected chi connectivity index (χ1v) is 12.0. The second-order valence-electron chi connectivity index (χ2n) is 9.09. The van der Waals surface area contributed by atoms with Gasteiger partial charge in [0.05, 0.1) is 11.8 Å². The third-order valence-corrected chi connectivity index (χ3v) is 6.27. The number of nitrogens with one attached hydrogen (secondary N) is 2. The molecule has 4 heterocycles. The predicted molar refractivity (Wildman–Crippen MR) is 136 cm³/mol. The number of hydrogen-bond donors (Lipinski definition) is 2. The van der Waals surface area contributed by atoms with Crippen molar-refractivity contribution in [3.05, 3.63) is 82.9 Å². The molecule has 5 rings (SSSR count). The SMILES string of the molecule is CN1CCN(Cc2ccc(NC(=O)c3cccc(C#Cc4cnc5[nH]ncc5c4)n3)cc2C(F)(F)F)CC1. The molecule has 3 aromatic heterocycles. The number of rotatable bonds is 4. The largest absolute Gasteiger partial charge is 0.416 e. The molecule has 0 radical (unpaired) electrons. The maximum absolute atomic E-state index is 13.9. The number of fused-ring (bicyclic) bond motifs is 1. The van der Waals surface area contributed by atoms with Gasteiger partial charge in [0.25, 0.3) is 5.91 Å². The Morgan fingerprint density at radius 2 is 1.89 bits per heavy atom. The molecule has 1 aromatic carbocycles. The van der Waals surface area contributed by atoms with Crippen molar-refractivity contribution in [3.8, 4) is 11.8 Å². The van der Waals surface area contributed by atoms with E-state index in [1.165, 1.54) is 18.2 Å². The van der Waals surface area contributed by atoms with Crippen molar-refractivity contribution in [2.24, 2.45) is 0 Å². The van der Waals surface area contributed by atoms with Crippen molar-refractivity contribution < 1.29 is 18.0 Å². The number of H-pyrrole nitrogens is 1. The molecule has 11 heteroatoms. The van der Waals surface area contributed by atoms with Gasteiger partial charge >= 0.3 is 6.18 Å². The predicted octanol–water partition coefficient (Wildman–Crippen LogP) is 3.77. The molecule has 1 saturated heterocycles. The summed E-state index contributed by atoms with van der Waals surface area (Å²) in [5.41, 5.74) is 1.13. The lowest BCUT2D eigenvalue weighted by molar-refractivity contribution is -0.138. The number of halogens is 3. The summed E-state index contributed by atoms with van der Waals surface area (Å²) in [6.45, 7) is 3.21. The van der Waals surface area contributed by atoms with Gasteiger partial charge in [-0.15, -0.1) is 0 Å². The fraction of sp³-hybridized carbons (Fsp3) is 0.259. The van der Waals surface area contributed by atoms with E-state index in [0.717, 1.165) is 24.5 Å². The summed E-state index contributed by atoms with van der Waals surface area (Å²) >= 11 is 0. The van der Waals surface area contributed by atoms with Gasteiger partial charge in [-0.3, -0.25) is 14.8 Å².